The van der Waals surface area contributed by atoms with Crippen molar-refractivity contribution in [2.45, 2.75) is 31.6 Å². The van der Waals surface area contributed by atoms with Crippen molar-refractivity contribution in [2.24, 2.45) is 0 Å². The number of benzene rings is 1. The highest BCUT2D eigenvalue weighted by Gasteiger charge is 2.24. The van der Waals surface area contributed by atoms with Gasteiger partial charge in [0.05, 0.1) is 13.3 Å². The molecule has 0 radical (unpaired) electrons. The van der Waals surface area contributed by atoms with Crippen molar-refractivity contribution in [3.8, 4) is 17.2 Å². The van der Waals surface area contributed by atoms with Gasteiger partial charge in [0.1, 0.15) is 17.2 Å². The minimum atomic E-state index is 0.669. The molecular formula is C19H22N2O2. The SMILES string of the molecule is COc1cc(Oc2ccc(C3CC3)nc2)cc(N2CCCC2)c1. The van der Waals surface area contributed by atoms with Crippen molar-refractivity contribution < 1.29 is 9.47 Å². The van der Waals surface area contributed by atoms with E-state index in [0.717, 1.165) is 30.3 Å². The lowest BCUT2D eigenvalue weighted by Crippen LogP contribution is -2.17. The lowest BCUT2D eigenvalue weighted by molar-refractivity contribution is 0.409. The van der Waals surface area contributed by atoms with Crippen molar-refractivity contribution in [1.29, 1.82) is 0 Å². The first-order valence-electron chi connectivity index (χ1n) is 8.40. The molecule has 0 N–H and O–H groups in total. The number of hydrogen-bond donors (Lipinski definition) is 0. The van der Waals surface area contributed by atoms with E-state index in [4.69, 9.17) is 9.47 Å². The van der Waals surface area contributed by atoms with E-state index in [9.17, 15) is 0 Å². The zero-order valence-corrected chi connectivity index (χ0v) is 13.5. The Hall–Kier alpha value is -2.23. The van der Waals surface area contributed by atoms with Crippen LogP contribution in [0.15, 0.2) is 36.5 Å². The molecule has 23 heavy (non-hydrogen) atoms. The molecule has 120 valence electrons. The summed E-state index contributed by atoms with van der Waals surface area (Å²) in [5, 5.41) is 0. The molecule has 4 rings (SSSR count). The molecule has 1 aromatic carbocycles. The minimum Gasteiger partial charge on any atom is -0.497 e. The second-order valence-electron chi connectivity index (χ2n) is 6.36. The number of pyridine rings is 1. The molecule has 1 aliphatic heterocycles. The predicted molar refractivity (Wildman–Crippen MR) is 90.7 cm³/mol. The Morgan fingerprint density at radius 2 is 1.78 bits per heavy atom. The number of ether oxygens (including phenoxy) is 2. The smallest absolute Gasteiger partial charge is 0.145 e. The monoisotopic (exact) mass is 310 g/mol. The van der Waals surface area contributed by atoms with E-state index < -0.39 is 0 Å². The Balaban J connectivity index is 1.55. The quantitative estimate of drug-likeness (QED) is 0.822. The molecule has 4 nitrogen and oxygen atoms in total. The second kappa shape index (κ2) is 6.11. The van der Waals surface area contributed by atoms with Crippen LogP contribution in [0.4, 0.5) is 5.69 Å². The number of aromatic nitrogens is 1. The standard InChI is InChI=1S/C19H22N2O2/c1-22-17-10-15(21-8-2-3-9-21)11-18(12-17)23-16-6-7-19(20-13-16)14-4-5-14/h6-7,10-14H,2-5,8-9H2,1H3. The molecule has 0 amide bonds. The largest absolute Gasteiger partial charge is 0.497 e. The maximum absolute atomic E-state index is 6.01. The van der Waals surface area contributed by atoms with Crippen LogP contribution in [0.25, 0.3) is 0 Å². The molecule has 0 unspecified atom stereocenters. The summed E-state index contributed by atoms with van der Waals surface area (Å²) < 4.78 is 11.4. The molecule has 0 atom stereocenters. The van der Waals surface area contributed by atoms with Gasteiger partial charge in [0, 0.05) is 48.6 Å². The summed E-state index contributed by atoms with van der Waals surface area (Å²) in [6.45, 7) is 2.20. The fourth-order valence-corrected chi connectivity index (χ4v) is 3.10. The molecule has 0 bridgehead atoms. The van der Waals surface area contributed by atoms with Crippen LogP contribution in [0.5, 0.6) is 17.2 Å². The van der Waals surface area contributed by atoms with Gasteiger partial charge in [0.15, 0.2) is 0 Å². The van der Waals surface area contributed by atoms with E-state index in [0.29, 0.717) is 5.92 Å². The highest BCUT2D eigenvalue weighted by atomic mass is 16.5. The third-order valence-electron chi connectivity index (χ3n) is 4.56. The normalized spacial score (nSPS) is 17.3. The molecule has 1 aliphatic carbocycles. The average Bonchev–Trinajstić information content (AvgIpc) is 3.29. The van der Waals surface area contributed by atoms with E-state index in [-0.39, 0.29) is 0 Å². The van der Waals surface area contributed by atoms with E-state index in [1.54, 1.807) is 7.11 Å². The lowest BCUT2D eigenvalue weighted by Gasteiger charge is -2.19. The summed E-state index contributed by atoms with van der Waals surface area (Å²) in [6.07, 6.45) is 6.85. The third kappa shape index (κ3) is 3.26. The van der Waals surface area contributed by atoms with Crippen molar-refractivity contribution in [3.63, 3.8) is 0 Å². The molecule has 2 fully saturated rings. The summed E-state index contributed by atoms with van der Waals surface area (Å²) in [5.74, 6) is 3.07. The summed E-state index contributed by atoms with van der Waals surface area (Å²) in [7, 11) is 1.69. The highest BCUT2D eigenvalue weighted by molar-refractivity contribution is 5.56. The zero-order valence-electron chi connectivity index (χ0n) is 13.5. The van der Waals surface area contributed by atoms with E-state index in [2.05, 4.69) is 28.1 Å². The summed E-state index contributed by atoms with van der Waals surface area (Å²) in [4.78, 5) is 6.89. The Labute approximate surface area is 137 Å². The molecule has 1 aromatic heterocycles. The molecule has 0 spiro atoms. The Morgan fingerprint density at radius 1 is 1.00 bits per heavy atom. The number of methoxy groups -OCH3 is 1. The van der Waals surface area contributed by atoms with Crippen molar-refractivity contribution in [1.82, 2.24) is 4.98 Å². The van der Waals surface area contributed by atoms with Gasteiger partial charge in [0.25, 0.3) is 0 Å². The number of hydrogen-bond acceptors (Lipinski definition) is 4. The van der Waals surface area contributed by atoms with Gasteiger partial charge in [-0.05, 0) is 37.8 Å². The number of nitrogens with zero attached hydrogens (tertiary/aromatic N) is 2. The molecule has 2 aliphatic rings. The van der Waals surface area contributed by atoms with Crippen LogP contribution in [0, 0.1) is 0 Å². The van der Waals surface area contributed by atoms with Crippen molar-refractivity contribution in [2.75, 3.05) is 25.1 Å². The van der Waals surface area contributed by atoms with E-state index in [1.807, 2.05) is 18.3 Å². The van der Waals surface area contributed by atoms with Crippen molar-refractivity contribution in [3.05, 3.63) is 42.2 Å². The summed E-state index contributed by atoms with van der Waals surface area (Å²) in [6, 6.07) is 10.2. The van der Waals surface area contributed by atoms with Gasteiger partial charge in [-0.3, -0.25) is 4.98 Å². The number of rotatable bonds is 5. The molecule has 1 saturated heterocycles. The van der Waals surface area contributed by atoms with Crippen LogP contribution in [0.1, 0.15) is 37.3 Å². The van der Waals surface area contributed by atoms with E-state index in [1.165, 1.54) is 37.1 Å². The molecular weight excluding hydrogens is 288 g/mol. The van der Waals surface area contributed by atoms with Gasteiger partial charge in [0.2, 0.25) is 0 Å². The number of anilines is 1. The van der Waals surface area contributed by atoms with Gasteiger partial charge >= 0.3 is 0 Å². The Kier molecular flexibility index (Phi) is 3.82. The van der Waals surface area contributed by atoms with Crippen molar-refractivity contribution >= 4 is 5.69 Å². The van der Waals surface area contributed by atoms with Crippen LogP contribution in [0.3, 0.4) is 0 Å². The first-order chi connectivity index (χ1) is 11.3. The molecule has 2 heterocycles. The van der Waals surface area contributed by atoms with Crippen LogP contribution in [0.2, 0.25) is 0 Å². The predicted octanol–water partition coefficient (Wildman–Crippen LogP) is 4.36. The Bertz CT molecular complexity index is 674. The van der Waals surface area contributed by atoms with Gasteiger partial charge in [-0.1, -0.05) is 0 Å². The Morgan fingerprint density at radius 3 is 2.43 bits per heavy atom. The van der Waals surface area contributed by atoms with Gasteiger partial charge in [-0.2, -0.15) is 0 Å². The molecule has 4 heteroatoms. The second-order valence-corrected chi connectivity index (χ2v) is 6.36. The first-order valence-corrected chi connectivity index (χ1v) is 8.40. The fraction of sp³-hybridized carbons (Fsp3) is 0.421. The van der Waals surface area contributed by atoms with Gasteiger partial charge in [-0.15, -0.1) is 0 Å². The molecule has 1 saturated carbocycles. The average molecular weight is 310 g/mol. The summed E-state index contributed by atoms with van der Waals surface area (Å²) in [5.41, 5.74) is 2.35. The lowest BCUT2D eigenvalue weighted by atomic mass is 10.2. The zero-order chi connectivity index (χ0) is 15.6. The minimum absolute atomic E-state index is 0.669. The first kappa shape index (κ1) is 14.4. The van der Waals surface area contributed by atoms with Gasteiger partial charge in [-0.25, -0.2) is 0 Å². The summed E-state index contributed by atoms with van der Waals surface area (Å²) >= 11 is 0. The topological polar surface area (TPSA) is 34.6 Å². The van der Waals surface area contributed by atoms with Crippen LogP contribution in [-0.4, -0.2) is 25.2 Å². The van der Waals surface area contributed by atoms with E-state index >= 15 is 0 Å². The maximum atomic E-state index is 6.01. The van der Waals surface area contributed by atoms with Crippen LogP contribution in [-0.2, 0) is 0 Å². The molecule has 2 aromatic rings. The van der Waals surface area contributed by atoms with Crippen LogP contribution < -0.4 is 14.4 Å². The van der Waals surface area contributed by atoms with Gasteiger partial charge < -0.3 is 14.4 Å². The maximum Gasteiger partial charge on any atom is 0.145 e. The highest BCUT2D eigenvalue weighted by Crippen LogP contribution is 2.39. The fourth-order valence-electron chi connectivity index (χ4n) is 3.10. The van der Waals surface area contributed by atoms with Crippen LogP contribution >= 0.6 is 0 Å². The third-order valence-corrected chi connectivity index (χ3v) is 4.56.